The molecule has 0 aromatic heterocycles. The van der Waals surface area contributed by atoms with Crippen LogP contribution in [0.15, 0.2) is 72.8 Å². The second kappa shape index (κ2) is 12.9. The molecule has 3 rings (SSSR count). The van der Waals surface area contributed by atoms with E-state index in [0.717, 1.165) is 28.7 Å². The average molecular weight is 487 g/mol. The first kappa shape index (κ1) is 27.0. The molecule has 0 unspecified atom stereocenters. The number of hydrogen-bond acceptors (Lipinski definition) is 3. The van der Waals surface area contributed by atoms with E-state index in [1.165, 1.54) is 5.56 Å². The molecular formula is C31H38N2O3. The smallest absolute Gasteiger partial charge is 0.261 e. The van der Waals surface area contributed by atoms with Crippen LogP contribution in [0, 0.1) is 20.8 Å². The van der Waals surface area contributed by atoms with E-state index in [2.05, 4.69) is 5.32 Å². The molecule has 2 amide bonds. The summed E-state index contributed by atoms with van der Waals surface area (Å²) < 4.78 is 5.91. The van der Waals surface area contributed by atoms with Crippen molar-refractivity contribution in [3.63, 3.8) is 0 Å². The van der Waals surface area contributed by atoms with Gasteiger partial charge in [0.1, 0.15) is 11.8 Å². The van der Waals surface area contributed by atoms with Gasteiger partial charge in [-0.25, -0.2) is 0 Å². The maximum absolute atomic E-state index is 13.7. The molecule has 3 aromatic rings. The van der Waals surface area contributed by atoms with E-state index in [0.29, 0.717) is 18.7 Å². The minimum Gasteiger partial charge on any atom is -0.484 e. The predicted octanol–water partition coefficient (Wildman–Crippen LogP) is 5.55. The van der Waals surface area contributed by atoms with Crippen molar-refractivity contribution in [2.24, 2.45) is 0 Å². The fourth-order valence-electron chi connectivity index (χ4n) is 4.00. The van der Waals surface area contributed by atoms with Crippen LogP contribution in [-0.2, 0) is 22.6 Å². The Labute approximate surface area is 215 Å². The summed E-state index contributed by atoms with van der Waals surface area (Å²) in [5.41, 5.74) is 5.35. The molecule has 0 aliphatic carbocycles. The van der Waals surface area contributed by atoms with E-state index >= 15 is 0 Å². The van der Waals surface area contributed by atoms with Crippen LogP contribution in [0.5, 0.6) is 5.75 Å². The Balaban J connectivity index is 1.92. The second-order valence-electron chi connectivity index (χ2n) is 9.51. The van der Waals surface area contributed by atoms with E-state index in [1.807, 2.05) is 107 Å². The number of rotatable bonds is 11. The molecule has 2 atom stereocenters. The standard InChI is InChI=1S/C31H38N2O3/c1-6-25(5)32-31(35)29(19-26-13-8-7-9-14-26)33(20-27-15-11-10-12-23(27)3)30(34)21-36-28-17-16-22(2)24(4)18-28/h7-18,25,29H,6,19-21H2,1-5H3,(H,32,35)/t25-,29-/m0/s1. The molecule has 36 heavy (non-hydrogen) atoms. The summed E-state index contributed by atoms with van der Waals surface area (Å²) in [6.45, 7) is 10.3. The van der Waals surface area contributed by atoms with Gasteiger partial charge in [0.05, 0.1) is 0 Å². The topological polar surface area (TPSA) is 58.6 Å². The van der Waals surface area contributed by atoms with Crippen LogP contribution in [0.1, 0.15) is 48.1 Å². The van der Waals surface area contributed by atoms with Crippen molar-refractivity contribution in [1.82, 2.24) is 10.2 Å². The van der Waals surface area contributed by atoms with E-state index in [1.54, 1.807) is 4.90 Å². The van der Waals surface area contributed by atoms with Gasteiger partial charge in [-0.1, -0.05) is 67.6 Å². The zero-order valence-electron chi connectivity index (χ0n) is 22.1. The summed E-state index contributed by atoms with van der Waals surface area (Å²) >= 11 is 0. The molecule has 0 saturated heterocycles. The Morgan fingerprint density at radius 2 is 1.58 bits per heavy atom. The van der Waals surface area contributed by atoms with Crippen molar-refractivity contribution >= 4 is 11.8 Å². The molecule has 0 aliphatic rings. The quantitative estimate of drug-likeness (QED) is 0.387. The van der Waals surface area contributed by atoms with Gasteiger partial charge in [0.15, 0.2) is 6.61 Å². The molecule has 1 N–H and O–H groups in total. The van der Waals surface area contributed by atoms with Crippen molar-refractivity contribution in [2.75, 3.05) is 6.61 Å². The third-order valence-electron chi connectivity index (χ3n) is 6.71. The number of carbonyl (C=O) groups is 2. The number of aryl methyl sites for hydroxylation is 3. The van der Waals surface area contributed by atoms with Crippen molar-refractivity contribution in [2.45, 2.75) is 66.1 Å². The van der Waals surface area contributed by atoms with Gasteiger partial charge in [-0.2, -0.15) is 0 Å². The van der Waals surface area contributed by atoms with E-state index in [4.69, 9.17) is 4.74 Å². The molecule has 0 spiro atoms. The Kier molecular flexibility index (Phi) is 9.69. The summed E-state index contributed by atoms with van der Waals surface area (Å²) in [4.78, 5) is 28.9. The number of carbonyl (C=O) groups excluding carboxylic acids is 2. The fraction of sp³-hybridized carbons (Fsp3) is 0.355. The molecule has 5 nitrogen and oxygen atoms in total. The van der Waals surface area contributed by atoms with Gasteiger partial charge in [-0.15, -0.1) is 0 Å². The zero-order chi connectivity index (χ0) is 26.1. The highest BCUT2D eigenvalue weighted by Crippen LogP contribution is 2.20. The average Bonchev–Trinajstić information content (AvgIpc) is 2.88. The largest absolute Gasteiger partial charge is 0.484 e. The second-order valence-corrected chi connectivity index (χ2v) is 9.51. The molecule has 0 aliphatic heterocycles. The minimum atomic E-state index is -0.670. The summed E-state index contributed by atoms with van der Waals surface area (Å²) in [5.74, 6) is 0.268. The lowest BCUT2D eigenvalue weighted by Gasteiger charge is -2.32. The van der Waals surface area contributed by atoms with Crippen LogP contribution in [0.2, 0.25) is 0 Å². The summed E-state index contributed by atoms with van der Waals surface area (Å²) in [6, 6.07) is 22.9. The molecule has 0 bridgehead atoms. The highest BCUT2D eigenvalue weighted by molar-refractivity contribution is 5.88. The zero-order valence-corrected chi connectivity index (χ0v) is 22.1. The molecule has 0 fully saturated rings. The fourth-order valence-corrected chi connectivity index (χ4v) is 4.00. The summed E-state index contributed by atoms with van der Waals surface area (Å²) in [5, 5.41) is 3.10. The molecule has 190 valence electrons. The van der Waals surface area contributed by atoms with Gasteiger partial charge in [0.25, 0.3) is 5.91 Å². The molecular weight excluding hydrogens is 448 g/mol. The lowest BCUT2D eigenvalue weighted by atomic mass is 10.0. The van der Waals surface area contributed by atoms with Gasteiger partial charge in [-0.3, -0.25) is 9.59 Å². The minimum absolute atomic E-state index is 0.0120. The molecule has 3 aromatic carbocycles. The Morgan fingerprint density at radius 3 is 2.25 bits per heavy atom. The number of nitrogens with one attached hydrogen (secondary N) is 1. The number of hydrogen-bond donors (Lipinski definition) is 1. The molecule has 0 radical (unpaired) electrons. The number of benzene rings is 3. The van der Waals surface area contributed by atoms with Crippen LogP contribution < -0.4 is 10.1 Å². The highest BCUT2D eigenvalue weighted by atomic mass is 16.5. The van der Waals surface area contributed by atoms with Crippen molar-refractivity contribution in [3.8, 4) is 5.75 Å². The third kappa shape index (κ3) is 7.45. The van der Waals surface area contributed by atoms with Crippen LogP contribution in [0.25, 0.3) is 0 Å². The lowest BCUT2D eigenvalue weighted by molar-refractivity contribution is -0.143. The third-order valence-corrected chi connectivity index (χ3v) is 6.71. The van der Waals surface area contributed by atoms with Crippen molar-refractivity contribution < 1.29 is 14.3 Å². The van der Waals surface area contributed by atoms with Gasteiger partial charge in [0, 0.05) is 19.0 Å². The van der Waals surface area contributed by atoms with Crippen LogP contribution >= 0.6 is 0 Å². The maximum atomic E-state index is 13.7. The number of nitrogens with zero attached hydrogens (tertiary/aromatic N) is 1. The van der Waals surface area contributed by atoms with Crippen LogP contribution in [-0.4, -0.2) is 35.4 Å². The lowest BCUT2D eigenvalue weighted by Crippen LogP contribution is -2.53. The normalized spacial score (nSPS) is 12.5. The van der Waals surface area contributed by atoms with Crippen LogP contribution in [0.3, 0.4) is 0 Å². The Morgan fingerprint density at radius 1 is 0.889 bits per heavy atom. The molecule has 0 saturated carbocycles. The van der Waals surface area contributed by atoms with Gasteiger partial charge >= 0.3 is 0 Å². The number of amides is 2. The van der Waals surface area contributed by atoms with Gasteiger partial charge in [-0.05, 0) is 74.1 Å². The van der Waals surface area contributed by atoms with Crippen molar-refractivity contribution in [1.29, 1.82) is 0 Å². The van der Waals surface area contributed by atoms with Crippen LogP contribution in [0.4, 0.5) is 0 Å². The van der Waals surface area contributed by atoms with E-state index in [-0.39, 0.29) is 24.5 Å². The number of ether oxygens (including phenoxy) is 1. The Bertz CT molecular complexity index is 1160. The molecule has 5 heteroatoms. The van der Waals surface area contributed by atoms with Gasteiger partial charge < -0.3 is 15.0 Å². The molecule has 0 heterocycles. The summed E-state index contributed by atoms with van der Waals surface area (Å²) in [6.07, 6.45) is 1.23. The van der Waals surface area contributed by atoms with E-state index in [9.17, 15) is 9.59 Å². The highest BCUT2D eigenvalue weighted by Gasteiger charge is 2.31. The van der Waals surface area contributed by atoms with Gasteiger partial charge in [0.2, 0.25) is 5.91 Å². The maximum Gasteiger partial charge on any atom is 0.261 e. The predicted molar refractivity (Wildman–Crippen MR) is 145 cm³/mol. The SMILES string of the molecule is CC[C@H](C)NC(=O)[C@H](Cc1ccccc1)N(Cc1ccccc1C)C(=O)COc1ccc(C)c(C)c1. The van der Waals surface area contributed by atoms with Crippen molar-refractivity contribution in [3.05, 3.63) is 101 Å². The monoisotopic (exact) mass is 486 g/mol. The summed E-state index contributed by atoms with van der Waals surface area (Å²) in [7, 11) is 0. The van der Waals surface area contributed by atoms with E-state index < -0.39 is 6.04 Å². The first-order valence-electron chi connectivity index (χ1n) is 12.7. The Hall–Kier alpha value is -3.60. The first-order valence-corrected chi connectivity index (χ1v) is 12.7. The first-order chi connectivity index (χ1) is 17.3.